The van der Waals surface area contributed by atoms with Gasteiger partial charge in [-0.2, -0.15) is 4.98 Å². The second-order valence-corrected chi connectivity index (χ2v) is 4.75. The summed E-state index contributed by atoms with van der Waals surface area (Å²) in [5, 5.41) is 12.1. The maximum atomic E-state index is 9.18. The predicted molar refractivity (Wildman–Crippen MR) is 76.4 cm³/mol. The lowest BCUT2D eigenvalue weighted by Gasteiger charge is -2.23. The first-order valence-corrected chi connectivity index (χ1v) is 6.74. The van der Waals surface area contributed by atoms with E-state index in [4.69, 9.17) is 10.6 Å². The summed E-state index contributed by atoms with van der Waals surface area (Å²) < 4.78 is 5.09. The third-order valence-corrected chi connectivity index (χ3v) is 3.48. The normalized spacial score (nSPS) is 10.9. The number of fused-ring (bicyclic) bond motifs is 1. The molecule has 2 aromatic heterocycles. The number of aliphatic hydroxyl groups excluding tert-OH is 1. The Morgan fingerprint density at radius 1 is 1.47 bits per heavy atom. The van der Waals surface area contributed by atoms with Crippen molar-refractivity contribution in [2.75, 3.05) is 43.7 Å². The van der Waals surface area contributed by atoms with Crippen LogP contribution in [0.3, 0.4) is 0 Å². The van der Waals surface area contributed by atoms with Crippen LogP contribution in [0.25, 0.3) is 10.2 Å². The van der Waals surface area contributed by atoms with E-state index in [1.165, 1.54) is 11.3 Å². The fraction of sp³-hybridized carbons (Fsp3) is 0.455. The standard InChI is InChI=1S/C11H17N5O2S/c1-18-6-4-16(3-5-17)9-8-2-7-19-10(8)14-11(13-9)15-12/h2,7,17H,3-6,12H2,1H3,(H,13,14,15). The van der Waals surface area contributed by atoms with Crippen LogP contribution in [0.1, 0.15) is 0 Å². The Morgan fingerprint density at radius 3 is 3.00 bits per heavy atom. The van der Waals surface area contributed by atoms with Crippen LogP contribution in [-0.4, -0.2) is 48.5 Å². The fourth-order valence-electron chi connectivity index (χ4n) is 1.79. The van der Waals surface area contributed by atoms with Gasteiger partial charge in [-0.3, -0.25) is 5.43 Å². The van der Waals surface area contributed by atoms with E-state index in [-0.39, 0.29) is 6.61 Å². The van der Waals surface area contributed by atoms with Gasteiger partial charge >= 0.3 is 0 Å². The fourth-order valence-corrected chi connectivity index (χ4v) is 2.55. The van der Waals surface area contributed by atoms with Gasteiger partial charge in [-0.25, -0.2) is 10.8 Å². The maximum Gasteiger partial charge on any atom is 0.240 e. The maximum absolute atomic E-state index is 9.18. The molecule has 19 heavy (non-hydrogen) atoms. The van der Waals surface area contributed by atoms with Gasteiger partial charge in [-0.1, -0.05) is 0 Å². The second kappa shape index (κ2) is 6.62. The Kier molecular flexibility index (Phi) is 4.86. The molecule has 4 N–H and O–H groups in total. The Morgan fingerprint density at radius 2 is 2.32 bits per heavy atom. The highest BCUT2D eigenvalue weighted by molar-refractivity contribution is 7.16. The smallest absolute Gasteiger partial charge is 0.240 e. The van der Waals surface area contributed by atoms with Crippen molar-refractivity contribution in [3.8, 4) is 0 Å². The number of nitrogens with two attached hydrogens (primary N) is 1. The number of methoxy groups -OCH3 is 1. The molecular formula is C11H17N5O2S. The van der Waals surface area contributed by atoms with E-state index in [1.54, 1.807) is 7.11 Å². The summed E-state index contributed by atoms with van der Waals surface area (Å²) in [5.74, 6) is 6.51. The molecule has 2 aromatic rings. The minimum Gasteiger partial charge on any atom is -0.395 e. The molecule has 0 saturated heterocycles. The monoisotopic (exact) mass is 283 g/mol. The molecule has 7 nitrogen and oxygen atoms in total. The number of hydrogen-bond donors (Lipinski definition) is 3. The number of thiophene rings is 1. The number of hydrazine groups is 1. The van der Waals surface area contributed by atoms with E-state index in [0.717, 1.165) is 16.0 Å². The molecule has 2 heterocycles. The van der Waals surface area contributed by atoms with Crippen LogP contribution in [0.2, 0.25) is 0 Å². The van der Waals surface area contributed by atoms with Crippen LogP contribution in [0, 0.1) is 0 Å². The topological polar surface area (TPSA) is 96.5 Å². The molecule has 0 aliphatic heterocycles. The second-order valence-electron chi connectivity index (χ2n) is 3.86. The molecule has 0 spiro atoms. The van der Waals surface area contributed by atoms with Crippen molar-refractivity contribution in [2.24, 2.45) is 5.84 Å². The van der Waals surface area contributed by atoms with Crippen molar-refractivity contribution in [2.45, 2.75) is 0 Å². The molecule has 0 atom stereocenters. The highest BCUT2D eigenvalue weighted by Crippen LogP contribution is 2.28. The Labute approximate surface area is 115 Å². The van der Waals surface area contributed by atoms with Gasteiger partial charge in [0, 0.05) is 20.2 Å². The van der Waals surface area contributed by atoms with Crippen LogP contribution in [-0.2, 0) is 4.74 Å². The molecule has 0 radical (unpaired) electrons. The Balaban J connectivity index is 2.40. The van der Waals surface area contributed by atoms with E-state index >= 15 is 0 Å². The number of aromatic nitrogens is 2. The summed E-state index contributed by atoms with van der Waals surface area (Å²) in [6.45, 7) is 1.73. The number of hydrogen-bond acceptors (Lipinski definition) is 8. The van der Waals surface area contributed by atoms with Gasteiger partial charge in [0.15, 0.2) is 0 Å². The average molecular weight is 283 g/mol. The molecule has 0 aliphatic rings. The van der Waals surface area contributed by atoms with Gasteiger partial charge in [0.1, 0.15) is 10.6 Å². The number of rotatable bonds is 7. The number of nitrogen functional groups attached to an aromatic ring is 1. The van der Waals surface area contributed by atoms with Gasteiger partial charge in [0.2, 0.25) is 5.95 Å². The van der Waals surface area contributed by atoms with Crippen molar-refractivity contribution in [3.63, 3.8) is 0 Å². The molecule has 2 rings (SSSR count). The van der Waals surface area contributed by atoms with E-state index in [0.29, 0.717) is 25.6 Å². The summed E-state index contributed by atoms with van der Waals surface area (Å²) in [7, 11) is 1.64. The van der Waals surface area contributed by atoms with Crippen LogP contribution < -0.4 is 16.2 Å². The lowest BCUT2D eigenvalue weighted by molar-refractivity contribution is 0.202. The van der Waals surface area contributed by atoms with Crippen molar-refractivity contribution >= 4 is 33.3 Å². The third-order valence-electron chi connectivity index (χ3n) is 2.67. The minimum atomic E-state index is 0.0464. The average Bonchev–Trinajstić information content (AvgIpc) is 2.90. The molecular weight excluding hydrogens is 266 g/mol. The van der Waals surface area contributed by atoms with Gasteiger partial charge in [0.05, 0.1) is 18.6 Å². The number of aliphatic hydroxyl groups is 1. The van der Waals surface area contributed by atoms with Crippen LogP contribution in [0.5, 0.6) is 0 Å². The molecule has 0 saturated carbocycles. The van der Waals surface area contributed by atoms with Crippen molar-refractivity contribution < 1.29 is 9.84 Å². The summed E-state index contributed by atoms with van der Waals surface area (Å²) in [6, 6.07) is 1.97. The minimum absolute atomic E-state index is 0.0464. The first kappa shape index (κ1) is 13.9. The highest BCUT2D eigenvalue weighted by Gasteiger charge is 2.14. The molecule has 0 bridgehead atoms. The first-order valence-electron chi connectivity index (χ1n) is 5.86. The summed E-state index contributed by atoms with van der Waals surface area (Å²) in [5.41, 5.74) is 2.47. The molecule has 0 amide bonds. The van der Waals surface area contributed by atoms with Crippen molar-refractivity contribution in [1.29, 1.82) is 0 Å². The Bertz CT molecular complexity index is 533. The zero-order valence-electron chi connectivity index (χ0n) is 10.7. The quantitative estimate of drug-likeness (QED) is 0.500. The summed E-state index contributed by atoms with van der Waals surface area (Å²) in [6.07, 6.45) is 0. The number of anilines is 2. The number of ether oxygens (including phenoxy) is 1. The molecule has 0 fully saturated rings. The van der Waals surface area contributed by atoms with Crippen LogP contribution in [0.15, 0.2) is 11.4 Å². The molecule has 0 aliphatic carbocycles. The number of nitrogens with one attached hydrogen (secondary N) is 1. The van der Waals surface area contributed by atoms with Crippen molar-refractivity contribution in [1.82, 2.24) is 9.97 Å². The van der Waals surface area contributed by atoms with E-state index in [9.17, 15) is 5.11 Å². The molecule has 0 unspecified atom stereocenters. The Hall–Kier alpha value is -1.48. The van der Waals surface area contributed by atoms with Gasteiger partial charge in [0.25, 0.3) is 0 Å². The van der Waals surface area contributed by atoms with Gasteiger partial charge < -0.3 is 14.7 Å². The SMILES string of the molecule is COCCN(CCO)c1nc(NN)nc2sccc12. The molecule has 0 aromatic carbocycles. The van der Waals surface area contributed by atoms with Crippen molar-refractivity contribution in [3.05, 3.63) is 11.4 Å². The van der Waals surface area contributed by atoms with Crippen LogP contribution in [0.4, 0.5) is 11.8 Å². The van der Waals surface area contributed by atoms with Crippen LogP contribution >= 0.6 is 11.3 Å². The van der Waals surface area contributed by atoms with E-state index < -0.39 is 0 Å². The lowest BCUT2D eigenvalue weighted by atomic mass is 10.3. The lowest BCUT2D eigenvalue weighted by Crippen LogP contribution is -2.31. The summed E-state index contributed by atoms with van der Waals surface area (Å²) >= 11 is 1.52. The molecule has 8 heteroatoms. The van der Waals surface area contributed by atoms with Gasteiger partial charge in [-0.15, -0.1) is 11.3 Å². The van der Waals surface area contributed by atoms with E-state index in [2.05, 4.69) is 15.4 Å². The van der Waals surface area contributed by atoms with E-state index in [1.807, 2.05) is 16.3 Å². The first-order chi connectivity index (χ1) is 9.30. The highest BCUT2D eigenvalue weighted by atomic mass is 32.1. The zero-order chi connectivity index (χ0) is 13.7. The summed E-state index contributed by atoms with van der Waals surface area (Å²) in [4.78, 5) is 11.5. The number of nitrogens with zero attached hydrogens (tertiary/aromatic N) is 3. The largest absolute Gasteiger partial charge is 0.395 e. The van der Waals surface area contributed by atoms with Gasteiger partial charge in [-0.05, 0) is 11.4 Å². The zero-order valence-corrected chi connectivity index (χ0v) is 11.5. The molecule has 104 valence electrons. The predicted octanol–water partition coefficient (Wildman–Crippen LogP) is 0.422. The third kappa shape index (κ3) is 3.10.